The molecular formula is C23H22N10O6S3. The number of carboxylic acids is 1. The fourth-order valence-corrected chi connectivity index (χ4v) is 6.89. The van der Waals surface area contributed by atoms with Crippen LogP contribution >= 0.6 is 35.3 Å². The molecule has 2 aromatic heterocycles. The van der Waals surface area contributed by atoms with E-state index in [0.29, 0.717) is 22.0 Å². The van der Waals surface area contributed by atoms with Crippen molar-refractivity contribution in [2.24, 2.45) is 7.05 Å². The number of nitrogens with zero attached hydrogens (tertiary/aromatic N) is 7. The van der Waals surface area contributed by atoms with Crippen LogP contribution in [0.25, 0.3) is 0 Å². The molecule has 0 radical (unpaired) electrons. The molecule has 0 spiro atoms. The quantitative estimate of drug-likeness (QED) is 0.163. The molecule has 1 aromatic carbocycles. The lowest BCUT2D eigenvalue weighted by atomic mass is 10.0. The number of β-lactam (4-membered cyclic amide) rings is 1. The van der Waals surface area contributed by atoms with Crippen molar-refractivity contribution in [3.05, 3.63) is 63.2 Å². The molecule has 16 nitrogen and oxygen atoms in total. The summed E-state index contributed by atoms with van der Waals surface area (Å²) in [6.45, 7) is 0. The van der Waals surface area contributed by atoms with Crippen molar-refractivity contribution < 1.29 is 24.3 Å². The topological polar surface area (TPSA) is 218 Å². The third kappa shape index (κ3) is 5.74. The van der Waals surface area contributed by atoms with Gasteiger partial charge in [0.2, 0.25) is 16.8 Å². The second-order valence-electron chi connectivity index (χ2n) is 8.86. The molecule has 42 heavy (non-hydrogen) atoms. The zero-order valence-electron chi connectivity index (χ0n) is 21.9. The van der Waals surface area contributed by atoms with Crippen LogP contribution in [-0.2, 0) is 21.4 Å². The van der Waals surface area contributed by atoms with Crippen LogP contribution in [0, 0.1) is 0 Å². The highest BCUT2D eigenvalue weighted by Crippen LogP contribution is 2.41. The van der Waals surface area contributed by atoms with Crippen LogP contribution in [-0.4, -0.2) is 98.3 Å². The van der Waals surface area contributed by atoms with E-state index in [1.807, 2.05) is 0 Å². The Labute approximate surface area is 249 Å². The summed E-state index contributed by atoms with van der Waals surface area (Å²) in [5.41, 5.74) is -0.551. The Morgan fingerprint density at radius 3 is 2.60 bits per heavy atom. The first-order valence-electron chi connectivity index (χ1n) is 12.1. The fraction of sp³-hybridized carbons (Fsp3) is 0.304. The second-order valence-corrected chi connectivity index (χ2v) is 11.7. The first kappa shape index (κ1) is 29.3. The Bertz CT molecular complexity index is 1640. The van der Waals surface area contributed by atoms with Crippen LogP contribution in [0.2, 0.25) is 0 Å². The van der Waals surface area contributed by atoms with Crippen LogP contribution in [0.3, 0.4) is 0 Å². The van der Waals surface area contributed by atoms with Gasteiger partial charge in [-0.1, -0.05) is 53.9 Å². The molecule has 3 aromatic rings. The Balaban J connectivity index is 1.33. The molecule has 4 N–H and O–H groups in total. The summed E-state index contributed by atoms with van der Waals surface area (Å²) in [5.74, 6) is -2.99. The lowest BCUT2D eigenvalue weighted by Crippen LogP contribution is -2.71. The maximum atomic E-state index is 13.5. The van der Waals surface area contributed by atoms with Crippen molar-refractivity contribution in [1.82, 2.24) is 50.9 Å². The number of fused-ring (bicyclic) bond motifs is 1. The van der Waals surface area contributed by atoms with Gasteiger partial charge in [-0.05, 0) is 27.8 Å². The van der Waals surface area contributed by atoms with E-state index in [2.05, 4.69) is 41.3 Å². The number of tetrazole rings is 1. The molecule has 2 aliphatic heterocycles. The van der Waals surface area contributed by atoms with Crippen molar-refractivity contribution in [2.75, 3.05) is 17.8 Å². The maximum absolute atomic E-state index is 13.5. The number of hydrogen-bond acceptors (Lipinski definition) is 13. The van der Waals surface area contributed by atoms with Crippen molar-refractivity contribution in [3.8, 4) is 0 Å². The summed E-state index contributed by atoms with van der Waals surface area (Å²) in [6, 6.07) is 5.91. The second kappa shape index (κ2) is 12.3. The molecule has 2 unspecified atom stereocenters. The lowest BCUT2D eigenvalue weighted by Gasteiger charge is -2.49. The SMILES string of the molecule is CSc1nnc(C(=O)NC(C(=O)NC2C(=O)N3C(C(=O)O)=C(CSc4nnnn4C)CS[C@@H]23)c2ccccc2)c(=O)[nH]1. The minimum atomic E-state index is -1.29. The average Bonchev–Trinajstić information content (AvgIpc) is 3.41. The standard InChI is InChI=1S/C23H22N10O6S3/c1-32-23(29-30-31-32)42-9-11-8-41-20-14(19(37)33(20)15(11)21(38)39)25-16(34)12(10-6-4-3-5-7-10)24-17(35)13-18(36)26-22(40-2)28-27-13/h3-7,12,14,20H,8-9H2,1-2H3,(H,24,35)(H,25,34)(H,38,39)(H,26,28,36)/t12?,14?,20-/m0/s1. The highest BCUT2D eigenvalue weighted by atomic mass is 32.2. The minimum absolute atomic E-state index is 0.142. The largest absolute Gasteiger partial charge is 0.477 e. The first-order chi connectivity index (χ1) is 20.2. The Kier molecular flexibility index (Phi) is 8.59. The molecule has 0 bridgehead atoms. The number of benzene rings is 1. The number of aromatic amines is 1. The summed E-state index contributed by atoms with van der Waals surface area (Å²) in [6.07, 6.45) is 1.68. The van der Waals surface area contributed by atoms with Crippen molar-refractivity contribution in [3.63, 3.8) is 0 Å². The molecule has 2 aliphatic rings. The number of thioether (sulfide) groups is 3. The zero-order valence-corrected chi connectivity index (χ0v) is 24.3. The third-order valence-corrected chi connectivity index (χ3v) is 9.27. The van der Waals surface area contributed by atoms with Crippen LogP contribution in [0.4, 0.5) is 0 Å². The lowest BCUT2D eigenvalue weighted by molar-refractivity contribution is -0.151. The molecule has 4 heterocycles. The van der Waals surface area contributed by atoms with Gasteiger partial charge in [-0.25, -0.2) is 9.48 Å². The van der Waals surface area contributed by atoms with Crippen LogP contribution < -0.4 is 16.2 Å². The van der Waals surface area contributed by atoms with E-state index in [9.17, 15) is 29.1 Å². The van der Waals surface area contributed by atoms with Gasteiger partial charge < -0.3 is 15.7 Å². The van der Waals surface area contributed by atoms with Gasteiger partial charge in [0.25, 0.3) is 17.4 Å². The third-order valence-electron chi connectivity index (χ3n) is 6.26. The summed E-state index contributed by atoms with van der Waals surface area (Å²) in [4.78, 5) is 67.7. The van der Waals surface area contributed by atoms with E-state index in [0.717, 1.165) is 16.7 Å². The number of nitrogens with one attached hydrogen (secondary N) is 3. The van der Waals surface area contributed by atoms with E-state index >= 15 is 0 Å². The van der Waals surface area contributed by atoms with Gasteiger partial charge in [0.1, 0.15) is 23.2 Å². The predicted molar refractivity (Wildman–Crippen MR) is 150 cm³/mol. The first-order valence-corrected chi connectivity index (χ1v) is 15.4. The van der Waals surface area contributed by atoms with Gasteiger partial charge in [0.05, 0.1) is 0 Å². The van der Waals surface area contributed by atoms with Crippen LogP contribution in [0.15, 0.2) is 56.7 Å². The fourth-order valence-electron chi connectivity index (χ4n) is 4.23. The molecule has 1 saturated heterocycles. The molecule has 5 rings (SSSR count). The molecule has 3 amide bonds. The Hall–Kier alpha value is -4.23. The van der Waals surface area contributed by atoms with E-state index < -0.39 is 52.4 Å². The van der Waals surface area contributed by atoms with Crippen LogP contribution in [0.1, 0.15) is 22.1 Å². The molecule has 1 fully saturated rings. The Morgan fingerprint density at radius 1 is 1.19 bits per heavy atom. The van der Waals surface area contributed by atoms with Crippen molar-refractivity contribution in [2.45, 2.75) is 27.8 Å². The molecule has 0 saturated carbocycles. The van der Waals surface area contributed by atoms with Gasteiger partial charge in [0, 0.05) is 18.6 Å². The van der Waals surface area contributed by atoms with E-state index in [1.54, 1.807) is 43.6 Å². The van der Waals surface area contributed by atoms with Gasteiger partial charge in [-0.15, -0.1) is 27.1 Å². The number of amides is 3. The minimum Gasteiger partial charge on any atom is -0.477 e. The number of carbonyl (C=O) groups excluding carboxylic acids is 3. The average molecular weight is 631 g/mol. The number of aromatic nitrogens is 7. The highest BCUT2D eigenvalue weighted by Gasteiger charge is 2.54. The molecular weight excluding hydrogens is 609 g/mol. The zero-order chi connectivity index (χ0) is 30.0. The number of hydrogen-bond donors (Lipinski definition) is 4. The van der Waals surface area contributed by atoms with E-state index in [4.69, 9.17) is 0 Å². The number of carboxylic acid groups (broad SMARTS) is 1. The number of carbonyl (C=O) groups is 4. The monoisotopic (exact) mass is 630 g/mol. The van der Waals surface area contributed by atoms with Gasteiger partial charge in [-0.2, -0.15) is 0 Å². The maximum Gasteiger partial charge on any atom is 0.352 e. The van der Waals surface area contributed by atoms with Crippen molar-refractivity contribution in [1.29, 1.82) is 0 Å². The number of aryl methyl sites for hydroxylation is 1. The number of rotatable bonds is 10. The van der Waals surface area contributed by atoms with Gasteiger partial charge in [-0.3, -0.25) is 29.1 Å². The normalized spacial score (nSPS) is 18.6. The van der Waals surface area contributed by atoms with E-state index in [-0.39, 0.29) is 16.6 Å². The molecule has 3 atom stereocenters. The smallest absolute Gasteiger partial charge is 0.352 e. The van der Waals surface area contributed by atoms with Gasteiger partial charge >= 0.3 is 5.97 Å². The molecule has 19 heteroatoms. The van der Waals surface area contributed by atoms with Crippen molar-refractivity contribution >= 4 is 59.0 Å². The predicted octanol–water partition coefficient (Wildman–Crippen LogP) is -0.588. The highest BCUT2D eigenvalue weighted by molar-refractivity contribution is 8.01. The van der Waals surface area contributed by atoms with Gasteiger partial charge in [0.15, 0.2) is 5.16 Å². The number of H-pyrrole nitrogens is 1. The van der Waals surface area contributed by atoms with Crippen LogP contribution in [0.5, 0.6) is 0 Å². The Morgan fingerprint density at radius 2 is 1.95 bits per heavy atom. The summed E-state index contributed by atoms with van der Waals surface area (Å²) in [5, 5.41) is 33.7. The molecule has 218 valence electrons. The summed E-state index contributed by atoms with van der Waals surface area (Å²) >= 11 is 3.68. The summed E-state index contributed by atoms with van der Waals surface area (Å²) < 4.78 is 1.45. The molecule has 0 aliphatic carbocycles. The summed E-state index contributed by atoms with van der Waals surface area (Å²) in [7, 11) is 1.66. The number of aliphatic carboxylic acids is 1. The van der Waals surface area contributed by atoms with E-state index in [1.165, 1.54) is 28.2 Å².